The first-order valence-corrected chi connectivity index (χ1v) is 5.50. The van der Waals surface area contributed by atoms with Crippen LogP contribution in [0.3, 0.4) is 0 Å². The Labute approximate surface area is 90.0 Å². The smallest absolute Gasteiger partial charge is 0.387 e. The number of hydrogen-bond donors (Lipinski definition) is 2. The summed E-state index contributed by atoms with van der Waals surface area (Å²) >= 11 is 0. The fourth-order valence-corrected chi connectivity index (χ4v) is 1.49. The number of benzene rings is 1. The summed E-state index contributed by atoms with van der Waals surface area (Å²) in [6.07, 6.45) is 0. The first-order valence-electron chi connectivity index (χ1n) is 4.00. The van der Waals surface area contributed by atoms with E-state index >= 15 is 0 Å². The van der Waals surface area contributed by atoms with Crippen LogP contribution in [-0.4, -0.2) is 24.7 Å². The molecule has 1 rings (SSSR count). The largest absolute Gasteiger partial charge is 0.435 e. The van der Waals surface area contributed by atoms with E-state index in [9.17, 15) is 17.2 Å². The third-order valence-corrected chi connectivity index (χ3v) is 2.51. The van der Waals surface area contributed by atoms with Crippen molar-refractivity contribution in [3.8, 4) is 5.75 Å². The maximum atomic E-state index is 11.8. The summed E-state index contributed by atoms with van der Waals surface area (Å²) in [5.74, 6) is -0.179. The van der Waals surface area contributed by atoms with Crippen molar-refractivity contribution in [1.82, 2.24) is 0 Å². The highest BCUT2D eigenvalue weighted by atomic mass is 32.2. The van der Waals surface area contributed by atoms with Crippen LogP contribution >= 0.6 is 0 Å². The molecule has 0 aromatic heterocycles. The Morgan fingerprint density at radius 1 is 1.19 bits per heavy atom. The molecule has 0 amide bonds. The Hall–Kier alpha value is -1.25. The van der Waals surface area contributed by atoms with Crippen molar-refractivity contribution >= 4 is 10.1 Å². The fourth-order valence-electron chi connectivity index (χ4n) is 0.986. The molecule has 2 N–H and O–H groups in total. The van der Waals surface area contributed by atoms with Crippen molar-refractivity contribution in [2.24, 2.45) is 0 Å². The second-order valence-electron chi connectivity index (χ2n) is 2.81. The number of ether oxygens (including phenoxy) is 1. The number of hydrogen-bond acceptors (Lipinski definition) is 4. The molecule has 0 bridgehead atoms. The van der Waals surface area contributed by atoms with E-state index in [2.05, 4.69) is 4.74 Å². The molecule has 0 heterocycles. The summed E-state index contributed by atoms with van der Waals surface area (Å²) in [5, 5.41) is 9.10. The first kappa shape index (κ1) is 12.8. The molecule has 16 heavy (non-hydrogen) atoms. The van der Waals surface area contributed by atoms with Crippen molar-refractivity contribution < 1.29 is 31.6 Å². The van der Waals surface area contributed by atoms with Gasteiger partial charge in [0.15, 0.2) is 0 Å². The van der Waals surface area contributed by atoms with E-state index in [1.165, 1.54) is 0 Å². The lowest BCUT2D eigenvalue weighted by Gasteiger charge is -2.08. The summed E-state index contributed by atoms with van der Waals surface area (Å²) in [6, 6.07) is 4.21. The minimum Gasteiger partial charge on any atom is -0.435 e. The second kappa shape index (κ2) is 4.73. The zero-order valence-electron chi connectivity index (χ0n) is 7.75. The maximum Gasteiger partial charge on any atom is 0.387 e. The molecule has 1 atom stereocenters. The van der Waals surface area contributed by atoms with Crippen molar-refractivity contribution in [2.75, 3.05) is 0 Å². The van der Waals surface area contributed by atoms with Gasteiger partial charge < -0.3 is 9.84 Å². The molecule has 8 heteroatoms. The molecule has 0 saturated heterocycles. The zero-order valence-corrected chi connectivity index (χ0v) is 8.56. The second-order valence-corrected chi connectivity index (χ2v) is 4.29. The third-order valence-electron chi connectivity index (χ3n) is 1.67. The predicted molar refractivity (Wildman–Crippen MR) is 49.6 cm³/mol. The molecule has 0 saturated carbocycles. The van der Waals surface area contributed by atoms with Crippen LogP contribution in [0.1, 0.15) is 11.0 Å². The Kier molecular flexibility index (Phi) is 3.79. The number of halogens is 2. The molecule has 0 fully saturated rings. The normalized spacial score (nSPS) is 13.8. The molecule has 0 aliphatic rings. The van der Waals surface area contributed by atoms with Crippen LogP contribution in [0.15, 0.2) is 24.3 Å². The highest BCUT2D eigenvalue weighted by Crippen LogP contribution is 2.22. The first-order chi connectivity index (χ1) is 7.30. The summed E-state index contributed by atoms with van der Waals surface area (Å²) in [7, 11) is -4.63. The van der Waals surface area contributed by atoms with Crippen molar-refractivity contribution in [3.63, 3.8) is 0 Å². The molecule has 0 radical (unpaired) electrons. The van der Waals surface area contributed by atoms with Gasteiger partial charge >= 0.3 is 6.61 Å². The van der Waals surface area contributed by atoms with Gasteiger partial charge in [-0.05, 0) is 17.7 Å². The van der Waals surface area contributed by atoms with Crippen molar-refractivity contribution in [1.29, 1.82) is 0 Å². The monoisotopic (exact) mass is 254 g/mol. The Balaban J connectivity index is 2.87. The fraction of sp³-hybridized carbons (Fsp3) is 0.250. The van der Waals surface area contributed by atoms with Gasteiger partial charge in [0, 0.05) is 0 Å². The predicted octanol–water partition coefficient (Wildman–Crippen LogP) is 1.17. The molecule has 1 unspecified atom stereocenters. The molecule has 0 aliphatic heterocycles. The maximum absolute atomic E-state index is 11.8. The average Bonchev–Trinajstić information content (AvgIpc) is 2.15. The van der Waals surface area contributed by atoms with Crippen molar-refractivity contribution in [3.05, 3.63) is 29.8 Å². The molecular weight excluding hydrogens is 246 g/mol. The van der Waals surface area contributed by atoms with Crippen LogP contribution in [-0.2, 0) is 10.1 Å². The average molecular weight is 254 g/mol. The van der Waals surface area contributed by atoms with E-state index in [1.807, 2.05) is 0 Å². The Morgan fingerprint density at radius 2 is 1.69 bits per heavy atom. The van der Waals surface area contributed by atoms with E-state index in [0.29, 0.717) is 0 Å². The SMILES string of the molecule is O=S(=O)(O)C(O)c1ccc(OC(F)F)cc1. The lowest BCUT2D eigenvalue weighted by atomic mass is 10.2. The van der Waals surface area contributed by atoms with Crippen molar-refractivity contribution in [2.45, 2.75) is 12.0 Å². The summed E-state index contributed by atoms with van der Waals surface area (Å²) in [4.78, 5) is 0. The van der Waals surface area contributed by atoms with Crippen LogP contribution < -0.4 is 4.74 Å². The van der Waals surface area contributed by atoms with Crippen LogP contribution in [0.2, 0.25) is 0 Å². The molecule has 0 aliphatic carbocycles. The van der Waals surface area contributed by atoms with Crippen LogP contribution in [0.25, 0.3) is 0 Å². The molecule has 1 aromatic carbocycles. The van der Waals surface area contributed by atoms with Crippen LogP contribution in [0, 0.1) is 0 Å². The van der Waals surface area contributed by atoms with Crippen LogP contribution in [0.4, 0.5) is 8.78 Å². The lowest BCUT2D eigenvalue weighted by molar-refractivity contribution is -0.0498. The number of rotatable bonds is 4. The zero-order chi connectivity index (χ0) is 12.3. The van der Waals surface area contributed by atoms with E-state index in [4.69, 9.17) is 9.66 Å². The van der Waals surface area contributed by atoms with E-state index in [-0.39, 0.29) is 11.3 Å². The number of aliphatic hydroxyl groups excluding tert-OH is 1. The van der Waals surface area contributed by atoms with Crippen LogP contribution in [0.5, 0.6) is 5.75 Å². The molecule has 90 valence electrons. The molecule has 0 spiro atoms. The Morgan fingerprint density at radius 3 is 2.06 bits per heavy atom. The van der Waals surface area contributed by atoms with Gasteiger partial charge in [-0.2, -0.15) is 17.2 Å². The topological polar surface area (TPSA) is 83.8 Å². The van der Waals surface area contributed by atoms with Gasteiger partial charge in [0.2, 0.25) is 5.44 Å². The minimum absolute atomic E-state index is 0.149. The highest BCUT2D eigenvalue weighted by molar-refractivity contribution is 7.85. The third kappa shape index (κ3) is 3.40. The molecule has 5 nitrogen and oxygen atoms in total. The van der Waals surface area contributed by atoms with Gasteiger partial charge in [0.05, 0.1) is 0 Å². The summed E-state index contributed by atoms with van der Waals surface area (Å²) < 4.78 is 57.2. The Bertz CT molecular complexity index is 442. The standard InChI is InChI=1S/C8H8F2O5S/c9-8(10)15-6-3-1-5(2-4-6)7(11)16(12,13)14/h1-4,7-8,11H,(H,12,13,14). The highest BCUT2D eigenvalue weighted by Gasteiger charge is 2.21. The molecular formula is C8H8F2O5S. The van der Waals surface area contributed by atoms with Gasteiger partial charge in [-0.25, -0.2) is 0 Å². The van der Waals surface area contributed by atoms with E-state index in [1.54, 1.807) is 0 Å². The van der Waals surface area contributed by atoms with Gasteiger partial charge in [0.1, 0.15) is 5.75 Å². The van der Waals surface area contributed by atoms with E-state index < -0.39 is 22.2 Å². The quantitative estimate of drug-likeness (QED) is 0.788. The lowest BCUT2D eigenvalue weighted by Crippen LogP contribution is -2.11. The number of alkyl halides is 2. The van der Waals surface area contributed by atoms with Gasteiger partial charge in [-0.3, -0.25) is 4.55 Å². The minimum atomic E-state index is -4.63. The summed E-state index contributed by atoms with van der Waals surface area (Å²) in [5.41, 5.74) is -2.25. The number of aliphatic hydroxyl groups is 1. The molecule has 1 aromatic rings. The van der Waals surface area contributed by atoms with Gasteiger partial charge in [-0.1, -0.05) is 12.1 Å². The van der Waals surface area contributed by atoms with Gasteiger partial charge in [0.25, 0.3) is 10.1 Å². The van der Waals surface area contributed by atoms with Gasteiger partial charge in [-0.15, -0.1) is 0 Å². The summed E-state index contributed by atoms with van der Waals surface area (Å²) in [6.45, 7) is -2.99. The van der Waals surface area contributed by atoms with E-state index in [0.717, 1.165) is 24.3 Å².